The summed E-state index contributed by atoms with van der Waals surface area (Å²) in [6.45, 7) is 7.79. The average molecular weight is 168 g/mol. The predicted octanol–water partition coefficient (Wildman–Crippen LogP) is 1.25. The Morgan fingerprint density at radius 3 is 2.83 bits per heavy atom. The summed E-state index contributed by atoms with van der Waals surface area (Å²) in [6.07, 6.45) is 3.58. The highest BCUT2D eigenvalue weighted by Crippen LogP contribution is 2.07. The van der Waals surface area contributed by atoms with Crippen LogP contribution in [0.5, 0.6) is 0 Å². The molecule has 0 spiro atoms. The van der Waals surface area contributed by atoms with E-state index in [4.69, 9.17) is 0 Å². The van der Waals surface area contributed by atoms with E-state index in [1.165, 1.54) is 13.0 Å². The minimum atomic E-state index is 0.602. The zero-order chi connectivity index (χ0) is 8.97. The fraction of sp³-hybridized carbons (Fsp3) is 0.800. The first-order valence-corrected chi connectivity index (χ1v) is 4.78. The van der Waals surface area contributed by atoms with E-state index in [0.29, 0.717) is 6.04 Å². The quantitative estimate of drug-likeness (QED) is 0.638. The molecule has 1 aliphatic heterocycles. The molecule has 2 heteroatoms. The van der Waals surface area contributed by atoms with Crippen molar-refractivity contribution in [2.75, 3.05) is 26.7 Å². The summed E-state index contributed by atoms with van der Waals surface area (Å²) in [6, 6.07) is 0.602. The van der Waals surface area contributed by atoms with Crippen LogP contribution in [0.4, 0.5) is 0 Å². The van der Waals surface area contributed by atoms with Crippen LogP contribution in [0.15, 0.2) is 11.6 Å². The van der Waals surface area contributed by atoms with Crippen molar-refractivity contribution in [2.24, 2.45) is 0 Å². The Kier molecular flexibility index (Phi) is 3.76. The Balaban J connectivity index is 2.24. The van der Waals surface area contributed by atoms with Crippen molar-refractivity contribution in [3.8, 4) is 0 Å². The largest absolute Gasteiger partial charge is 0.311 e. The SMILES string of the molecule is CC(C)NCC1=CCN(C)CC1. The predicted molar refractivity (Wildman–Crippen MR) is 53.3 cm³/mol. The van der Waals surface area contributed by atoms with E-state index in [9.17, 15) is 0 Å². The molecule has 12 heavy (non-hydrogen) atoms. The van der Waals surface area contributed by atoms with Gasteiger partial charge in [0, 0.05) is 25.7 Å². The van der Waals surface area contributed by atoms with Gasteiger partial charge < -0.3 is 10.2 Å². The average Bonchev–Trinajstić information content (AvgIpc) is 2.03. The maximum atomic E-state index is 3.44. The second-order valence-electron chi connectivity index (χ2n) is 3.91. The maximum Gasteiger partial charge on any atom is 0.0167 e. The first-order chi connectivity index (χ1) is 5.68. The lowest BCUT2D eigenvalue weighted by molar-refractivity contribution is 0.356. The second kappa shape index (κ2) is 4.63. The summed E-state index contributed by atoms with van der Waals surface area (Å²) in [7, 11) is 2.17. The molecule has 0 aromatic heterocycles. The maximum absolute atomic E-state index is 3.44. The molecule has 0 atom stereocenters. The van der Waals surface area contributed by atoms with Crippen molar-refractivity contribution in [1.82, 2.24) is 10.2 Å². The summed E-state index contributed by atoms with van der Waals surface area (Å²) in [5, 5.41) is 3.44. The van der Waals surface area contributed by atoms with E-state index < -0.39 is 0 Å². The molecule has 1 rings (SSSR count). The Morgan fingerprint density at radius 2 is 2.33 bits per heavy atom. The number of nitrogens with zero attached hydrogens (tertiary/aromatic N) is 1. The minimum absolute atomic E-state index is 0.602. The van der Waals surface area contributed by atoms with Gasteiger partial charge in [-0.25, -0.2) is 0 Å². The van der Waals surface area contributed by atoms with Crippen LogP contribution in [0.3, 0.4) is 0 Å². The van der Waals surface area contributed by atoms with Crippen molar-refractivity contribution >= 4 is 0 Å². The molecule has 0 fully saturated rings. The summed E-state index contributed by atoms with van der Waals surface area (Å²) >= 11 is 0. The van der Waals surface area contributed by atoms with E-state index in [2.05, 4.69) is 37.2 Å². The van der Waals surface area contributed by atoms with Gasteiger partial charge in [0.1, 0.15) is 0 Å². The molecule has 1 aliphatic rings. The number of nitrogens with one attached hydrogen (secondary N) is 1. The van der Waals surface area contributed by atoms with Crippen LogP contribution in [0.1, 0.15) is 20.3 Å². The summed E-state index contributed by atoms with van der Waals surface area (Å²) in [5.74, 6) is 0. The summed E-state index contributed by atoms with van der Waals surface area (Å²) in [4.78, 5) is 2.35. The monoisotopic (exact) mass is 168 g/mol. The van der Waals surface area contributed by atoms with E-state index in [-0.39, 0.29) is 0 Å². The lowest BCUT2D eigenvalue weighted by atomic mass is 10.1. The zero-order valence-electron chi connectivity index (χ0n) is 8.43. The molecule has 0 aromatic rings. The van der Waals surface area contributed by atoms with Gasteiger partial charge in [0.15, 0.2) is 0 Å². The lowest BCUT2D eigenvalue weighted by Gasteiger charge is -2.22. The third-order valence-electron chi connectivity index (χ3n) is 2.24. The Hall–Kier alpha value is -0.340. The topological polar surface area (TPSA) is 15.3 Å². The van der Waals surface area contributed by atoms with Crippen molar-refractivity contribution in [3.05, 3.63) is 11.6 Å². The van der Waals surface area contributed by atoms with Crippen LogP contribution in [-0.4, -0.2) is 37.6 Å². The van der Waals surface area contributed by atoms with Gasteiger partial charge in [-0.15, -0.1) is 0 Å². The van der Waals surface area contributed by atoms with Gasteiger partial charge in [-0.3, -0.25) is 0 Å². The number of rotatable bonds is 3. The highest BCUT2D eigenvalue weighted by Gasteiger charge is 2.06. The Labute approximate surface area is 75.6 Å². The van der Waals surface area contributed by atoms with Gasteiger partial charge in [-0.2, -0.15) is 0 Å². The molecule has 0 bridgehead atoms. The number of likely N-dealkylation sites (N-methyl/N-ethyl adjacent to an activating group) is 1. The van der Waals surface area contributed by atoms with Gasteiger partial charge in [0.05, 0.1) is 0 Å². The molecule has 0 unspecified atom stereocenters. The zero-order valence-corrected chi connectivity index (χ0v) is 8.43. The molecule has 0 saturated heterocycles. The highest BCUT2D eigenvalue weighted by atomic mass is 15.1. The van der Waals surface area contributed by atoms with E-state index in [0.717, 1.165) is 13.1 Å². The van der Waals surface area contributed by atoms with Gasteiger partial charge >= 0.3 is 0 Å². The van der Waals surface area contributed by atoms with Gasteiger partial charge in [0.2, 0.25) is 0 Å². The third kappa shape index (κ3) is 3.37. The first-order valence-electron chi connectivity index (χ1n) is 4.78. The van der Waals surface area contributed by atoms with Crippen LogP contribution in [-0.2, 0) is 0 Å². The molecule has 0 amide bonds. The van der Waals surface area contributed by atoms with Gasteiger partial charge in [-0.1, -0.05) is 25.5 Å². The van der Waals surface area contributed by atoms with Gasteiger partial charge in [-0.05, 0) is 13.5 Å². The van der Waals surface area contributed by atoms with Crippen LogP contribution in [0.2, 0.25) is 0 Å². The van der Waals surface area contributed by atoms with E-state index >= 15 is 0 Å². The van der Waals surface area contributed by atoms with Crippen LogP contribution in [0.25, 0.3) is 0 Å². The Bertz CT molecular complexity index is 161. The molecule has 1 heterocycles. The molecule has 1 N–H and O–H groups in total. The van der Waals surface area contributed by atoms with Crippen molar-refractivity contribution in [1.29, 1.82) is 0 Å². The minimum Gasteiger partial charge on any atom is -0.311 e. The molecular formula is C10H20N2. The molecule has 0 aliphatic carbocycles. The van der Waals surface area contributed by atoms with Crippen LogP contribution >= 0.6 is 0 Å². The molecule has 70 valence electrons. The molecule has 2 nitrogen and oxygen atoms in total. The van der Waals surface area contributed by atoms with E-state index in [1.54, 1.807) is 5.57 Å². The summed E-state index contributed by atoms with van der Waals surface area (Å²) in [5.41, 5.74) is 1.57. The molecule has 0 radical (unpaired) electrons. The van der Waals surface area contributed by atoms with Crippen LogP contribution in [0, 0.1) is 0 Å². The fourth-order valence-corrected chi connectivity index (χ4v) is 1.31. The first kappa shape index (κ1) is 9.75. The molecular weight excluding hydrogens is 148 g/mol. The Morgan fingerprint density at radius 1 is 1.58 bits per heavy atom. The number of hydrogen-bond donors (Lipinski definition) is 1. The highest BCUT2D eigenvalue weighted by molar-refractivity contribution is 5.08. The normalized spacial score (nSPS) is 19.8. The standard InChI is InChI=1S/C10H20N2/c1-9(2)11-8-10-4-6-12(3)7-5-10/h4,9,11H,5-8H2,1-3H3. The number of hydrogen-bond acceptors (Lipinski definition) is 2. The van der Waals surface area contributed by atoms with Gasteiger partial charge in [0.25, 0.3) is 0 Å². The van der Waals surface area contributed by atoms with E-state index in [1.807, 2.05) is 0 Å². The van der Waals surface area contributed by atoms with Crippen molar-refractivity contribution in [3.63, 3.8) is 0 Å². The second-order valence-corrected chi connectivity index (χ2v) is 3.91. The molecule has 0 aromatic carbocycles. The summed E-state index contributed by atoms with van der Waals surface area (Å²) < 4.78 is 0. The van der Waals surface area contributed by atoms with Crippen LogP contribution < -0.4 is 5.32 Å². The molecule has 0 saturated carbocycles. The van der Waals surface area contributed by atoms with Crippen molar-refractivity contribution < 1.29 is 0 Å². The lowest BCUT2D eigenvalue weighted by Crippen LogP contribution is -2.30. The smallest absolute Gasteiger partial charge is 0.0167 e. The third-order valence-corrected chi connectivity index (χ3v) is 2.24. The fourth-order valence-electron chi connectivity index (χ4n) is 1.31. The van der Waals surface area contributed by atoms with Crippen molar-refractivity contribution in [2.45, 2.75) is 26.3 Å².